The van der Waals surface area contributed by atoms with Gasteiger partial charge in [-0.3, -0.25) is 24.0 Å². The number of hydrogen-bond donors (Lipinski definition) is 5. The highest BCUT2D eigenvalue weighted by atomic mass is 16.5. The minimum Gasteiger partial charge on any atom is -0.481 e. The van der Waals surface area contributed by atoms with E-state index in [9.17, 15) is 39.0 Å². The fraction of sp³-hybridized carbons (Fsp3) is 0.760. The standard InChI is InChI=1S/C25H43N3O10/c1-16(29)14-38-13-12-37-11-10-26-21(34)25(6,7)28-18(30)9-8-17(19(31)32)27-20(33)23(2,3)15-24(4,5)22(35)36/h17H,8-15H2,1-7H3,(H,26,34)(H,27,33)(H,28,30)(H,31,32)(H,35,36)/t17-/m0/s1. The van der Waals surface area contributed by atoms with Gasteiger partial charge in [-0.15, -0.1) is 0 Å². The van der Waals surface area contributed by atoms with Gasteiger partial charge in [0.25, 0.3) is 0 Å². The van der Waals surface area contributed by atoms with Crippen LogP contribution in [-0.4, -0.2) is 90.2 Å². The van der Waals surface area contributed by atoms with E-state index >= 15 is 0 Å². The minimum atomic E-state index is -1.38. The van der Waals surface area contributed by atoms with Gasteiger partial charge in [-0.25, -0.2) is 4.79 Å². The van der Waals surface area contributed by atoms with Crippen molar-refractivity contribution in [2.75, 3.05) is 33.0 Å². The van der Waals surface area contributed by atoms with Crippen molar-refractivity contribution >= 4 is 35.4 Å². The lowest BCUT2D eigenvalue weighted by atomic mass is 9.74. The molecule has 0 bridgehead atoms. The van der Waals surface area contributed by atoms with E-state index in [2.05, 4.69) is 16.0 Å². The highest BCUT2D eigenvalue weighted by Gasteiger charge is 2.40. The number of carboxylic acids is 2. The number of aliphatic carboxylic acids is 2. The van der Waals surface area contributed by atoms with Crippen molar-refractivity contribution in [3.05, 3.63) is 0 Å². The average molecular weight is 546 g/mol. The maximum absolute atomic E-state index is 12.7. The first-order valence-corrected chi connectivity index (χ1v) is 12.3. The monoisotopic (exact) mass is 545 g/mol. The molecule has 0 aliphatic rings. The second kappa shape index (κ2) is 15.4. The maximum atomic E-state index is 12.7. The molecule has 3 amide bonds. The van der Waals surface area contributed by atoms with Crippen LogP contribution in [0, 0.1) is 10.8 Å². The molecule has 38 heavy (non-hydrogen) atoms. The zero-order chi connectivity index (χ0) is 29.7. The first-order valence-electron chi connectivity index (χ1n) is 12.3. The quantitative estimate of drug-likeness (QED) is 0.142. The molecule has 0 aromatic heterocycles. The van der Waals surface area contributed by atoms with E-state index in [0.29, 0.717) is 0 Å². The zero-order valence-electron chi connectivity index (χ0n) is 23.4. The van der Waals surface area contributed by atoms with Crippen LogP contribution < -0.4 is 16.0 Å². The number of carbonyl (C=O) groups excluding carboxylic acids is 4. The molecule has 0 spiro atoms. The molecule has 0 unspecified atom stereocenters. The van der Waals surface area contributed by atoms with Crippen molar-refractivity contribution in [2.24, 2.45) is 10.8 Å². The van der Waals surface area contributed by atoms with Crippen molar-refractivity contribution in [1.82, 2.24) is 16.0 Å². The van der Waals surface area contributed by atoms with Gasteiger partial charge in [0.2, 0.25) is 17.7 Å². The summed E-state index contributed by atoms with van der Waals surface area (Å²) in [7, 11) is 0. The Balaban J connectivity index is 4.68. The van der Waals surface area contributed by atoms with E-state index in [4.69, 9.17) is 9.47 Å². The number of ether oxygens (including phenoxy) is 2. The van der Waals surface area contributed by atoms with Gasteiger partial charge in [0.05, 0.1) is 25.2 Å². The van der Waals surface area contributed by atoms with Gasteiger partial charge in [0, 0.05) is 18.4 Å². The number of hydrogen-bond acceptors (Lipinski definition) is 8. The molecule has 0 saturated carbocycles. The predicted octanol–water partition coefficient (Wildman–Crippen LogP) is 0.496. The van der Waals surface area contributed by atoms with Gasteiger partial charge in [-0.2, -0.15) is 0 Å². The number of Topliss-reactive ketones (excluding diaryl/α,β-unsaturated/α-hetero) is 1. The molecule has 5 N–H and O–H groups in total. The minimum absolute atomic E-state index is 0.0106. The highest BCUT2D eigenvalue weighted by molar-refractivity contribution is 5.91. The summed E-state index contributed by atoms with van der Waals surface area (Å²) >= 11 is 0. The smallest absolute Gasteiger partial charge is 0.326 e. The van der Waals surface area contributed by atoms with Crippen molar-refractivity contribution in [3.8, 4) is 0 Å². The maximum Gasteiger partial charge on any atom is 0.326 e. The van der Waals surface area contributed by atoms with Crippen LogP contribution in [0.2, 0.25) is 0 Å². The topological polar surface area (TPSA) is 197 Å². The van der Waals surface area contributed by atoms with Gasteiger partial charge in [0.15, 0.2) is 5.78 Å². The first-order chi connectivity index (χ1) is 17.3. The Morgan fingerprint density at radius 2 is 1.39 bits per heavy atom. The molecule has 218 valence electrons. The number of rotatable bonds is 19. The molecule has 13 heteroatoms. The summed E-state index contributed by atoms with van der Waals surface area (Å²) in [6, 6.07) is -1.38. The largest absolute Gasteiger partial charge is 0.481 e. The summed E-state index contributed by atoms with van der Waals surface area (Å²) in [5.74, 6) is -4.23. The van der Waals surface area contributed by atoms with Gasteiger partial charge < -0.3 is 35.6 Å². The van der Waals surface area contributed by atoms with E-state index in [1.807, 2.05) is 0 Å². The third-order valence-corrected chi connectivity index (χ3v) is 5.57. The summed E-state index contributed by atoms with van der Waals surface area (Å²) in [5.41, 5.74) is -3.68. The molecule has 0 radical (unpaired) electrons. The van der Waals surface area contributed by atoms with Crippen LogP contribution >= 0.6 is 0 Å². The number of carbonyl (C=O) groups is 6. The summed E-state index contributed by atoms with van der Waals surface area (Å²) < 4.78 is 10.3. The lowest BCUT2D eigenvalue weighted by Gasteiger charge is -2.32. The van der Waals surface area contributed by atoms with E-state index in [1.54, 1.807) is 0 Å². The highest BCUT2D eigenvalue weighted by Crippen LogP contribution is 2.34. The van der Waals surface area contributed by atoms with Crippen LogP contribution in [0.3, 0.4) is 0 Å². The molecule has 0 fully saturated rings. The lowest BCUT2D eigenvalue weighted by Crippen LogP contribution is -2.55. The lowest BCUT2D eigenvalue weighted by molar-refractivity contribution is -0.151. The Bertz CT molecular complexity index is 867. The van der Waals surface area contributed by atoms with E-state index in [-0.39, 0.29) is 58.0 Å². The molecule has 0 aliphatic heterocycles. The number of carboxylic acid groups (broad SMARTS) is 2. The normalized spacial score (nSPS) is 12.8. The van der Waals surface area contributed by atoms with E-state index < -0.39 is 52.1 Å². The molecular weight excluding hydrogens is 502 g/mol. The molecule has 0 saturated heterocycles. The zero-order valence-corrected chi connectivity index (χ0v) is 23.4. The van der Waals surface area contributed by atoms with Crippen LogP contribution in [-0.2, 0) is 38.2 Å². The fourth-order valence-electron chi connectivity index (χ4n) is 3.51. The molecule has 0 aromatic carbocycles. The third kappa shape index (κ3) is 13.5. The molecule has 0 heterocycles. The Morgan fingerprint density at radius 1 is 0.816 bits per heavy atom. The Morgan fingerprint density at radius 3 is 1.92 bits per heavy atom. The van der Waals surface area contributed by atoms with Gasteiger partial charge in [0.1, 0.15) is 18.2 Å². The summed E-state index contributed by atoms with van der Waals surface area (Å²) in [4.78, 5) is 71.4. The van der Waals surface area contributed by atoms with E-state index in [1.165, 1.54) is 48.5 Å². The SMILES string of the molecule is CC(=O)COCCOCCNC(=O)C(C)(C)NC(=O)CC[C@H](NC(=O)C(C)(C)CC(C)(C)C(=O)O)C(=O)O. The van der Waals surface area contributed by atoms with Crippen molar-refractivity contribution < 1.29 is 48.5 Å². The average Bonchev–Trinajstić information content (AvgIpc) is 2.76. The molecule has 0 rings (SSSR count). The molecule has 0 aromatic rings. The fourth-order valence-corrected chi connectivity index (χ4v) is 3.51. The Labute approximate surface area is 223 Å². The molecular formula is C25H43N3O10. The van der Waals surface area contributed by atoms with E-state index in [0.717, 1.165) is 0 Å². The Hall–Kier alpha value is -3.06. The summed E-state index contributed by atoms with van der Waals surface area (Å²) in [6.07, 6.45) is -0.545. The van der Waals surface area contributed by atoms with Crippen molar-refractivity contribution in [3.63, 3.8) is 0 Å². The van der Waals surface area contributed by atoms with Crippen LogP contribution in [0.25, 0.3) is 0 Å². The first kappa shape index (κ1) is 34.9. The van der Waals surface area contributed by atoms with Crippen LogP contribution in [0.5, 0.6) is 0 Å². The predicted molar refractivity (Wildman–Crippen MR) is 136 cm³/mol. The molecule has 0 aliphatic carbocycles. The molecule has 1 atom stereocenters. The van der Waals surface area contributed by atoms with Crippen molar-refractivity contribution in [2.45, 2.75) is 79.3 Å². The van der Waals surface area contributed by atoms with Crippen LogP contribution in [0.15, 0.2) is 0 Å². The third-order valence-electron chi connectivity index (χ3n) is 5.57. The van der Waals surface area contributed by atoms with Gasteiger partial charge in [-0.1, -0.05) is 13.8 Å². The second-order valence-electron chi connectivity index (χ2n) is 10.9. The second-order valence-corrected chi connectivity index (χ2v) is 10.9. The number of nitrogens with one attached hydrogen (secondary N) is 3. The summed E-state index contributed by atoms with van der Waals surface area (Å²) in [5, 5.41) is 26.4. The van der Waals surface area contributed by atoms with Gasteiger partial charge in [-0.05, 0) is 47.5 Å². The van der Waals surface area contributed by atoms with Crippen LogP contribution in [0.4, 0.5) is 0 Å². The van der Waals surface area contributed by atoms with Gasteiger partial charge >= 0.3 is 11.9 Å². The van der Waals surface area contributed by atoms with Crippen molar-refractivity contribution in [1.29, 1.82) is 0 Å². The Kier molecular flexibility index (Phi) is 14.1. The molecule has 13 nitrogen and oxygen atoms in total. The number of amides is 3. The number of ketones is 1. The van der Waals surface area contributed by atoms with Crippen LogP contribution in [0.1, 0.15) is 67.7 Å². The summed E-state index contributed by atoms with van der Waals surface area (Å²) in [6.45, 7) is 11.2.